The molecule has 0 spiro atoms. The molecule has 0 saturated carbocycles. The van der Waals surface area contributed by atoms with Crippen molar-refractivity contribution in [3.05, 3.63) is 59.1 Å². The van der Waals surface area contributed by atoms with Crippen molar-refractivity contribution in [2.75, 3.05) is 5.73 Å². The largest absolute Gasteiger partial charge is 0.399 e. The summed E-state index contributed by atoms with van der Waals surface area (Å²) in [5.74, 6) is 0.990. The van der Waals surface area contributed by atoms with Crippen molar-refractivity contribution in [3.8, 4) is 11.5 Å². The molecule has 2 N–H and O–H groups in total. The van der Waals surface area contributed by atoms with Crippen molar-refractivity contribution in [1.29, 1.82) is 0 Å². The zero-order valence-electron chi connectivity index (χ0n) is 10.5. The van der Waals surface area contributed by atoms with Gasteiger partial charge >= 0.3 is 0 Å². The second-order valence-electron chi connectivity index (χ2n) is 4.33. The molecule has 0 amide bonds. The molecule has 1 aromatic carbocycles. The lowest BCUT2D eigenvalue weighted by Crippen LogP contribution is -1.91. The minimum absolute atomic E-state index is 0.401. The number of rotatable bonds is 3. The monoisotopic (exact) mass is 286 g/mol. The number of hydrogen-bond donors (Lipinski definition) is 1. The number of benzene rings is 1. The summed E-state index contributed by atoms with van der Waals surface area (Å²) in [6.45, 7) is 0. The summed E-state index contributed by atoms with van der Waals surface area (Å²) >= 11 is 5.96. The molecule has 20 heavy (non-hydrogen) atoms. The van der Waals surface area contributed by atoms with Crippen LogP contribution in [0.15, 0.2) is 47.2 Å². The van der Waals surface area contributed by atoms with Crippen LogP contribution >= 0.6 is 11.6 Å². The van der Waals surface area contributed by atoms with Crippen LogP contribution < -0.4 is 5.73 Å². The topological polar surface area (TPSA) is 77.8 Å². The first kappa shape index (κ1) is 12.6. The second kappa shape index (κ2) is 5.30. The van der Waals surface area contributed by atoms with E-state index in [4.69, 9.17) is 21.9 Å². The van der Waals surface area contributed by atoms with Gasteiger partial charge in [-0.3, -0.25) is 4.98 Å². The minimum atomic E-state index is 0.401. The van der Waals surface area contributed by atoms with Gasteiger partial charge < -0.3 is 10.3 Å². The third kappa shape index (κ3) is 2.78. The summed E-state index contributed by atoms with van der Waals surface area (Å²) in [5, 5.41) is 4.48. The van der Waals surface area contributed by atoms with Crippen LogP contribution in [0.1, 0.15) is 11.4 Å². The number of nitrogens with two attached hydrogens (primary N) is 1. The fourth-order valence-corrected chi connectivity index (χ4v) is 2.11. The van der Waals surface area contributed by atoms with Gasteiger partial charge in [-0.2, -0.15) is 4.98 Å². The molecule has 100 valence electrons. The summed E-state index contributed by atoms with van der Waals surface area (Å²) in [7, 11) is 0. The molecule has 3 aromatic rings. The normalized spacial score (nSPS) is 10.7. The molecule has 2 aromatic heterocycles. The SMILES string of the molecule is Nc1cc(Cl)cc(-c2nc(Cc3cccnc3)no2)c1. The van der Waals surface area contributed by atoms with E-state index in [0.29, 0.717) is 34.4 Å². The van der Waals surface area contributed by atoms with E-state index in [0.717, 1.165) is 5.56 Å². The van der Waals surface area contributed by atoms with Gasteiger partial charge in [0.25, 0.3) is 5.89 Å². The van der Waals surface area contributed by atoms with Crippen molar-refractivity contribution in [1.82, 2.24) is 15.1 Å². The molecule has 0 aliphatic heterocycles. The van der Waals surface area contributed by atoms with Gasteiger partial charge in [-0.25, -0.2) is 0 Å². The zero-order valence-corrected chi connectivity index (χ0v) is 11.2. The first-order valence-corrected chi connectivity index (χ1v) is 6.36. The predicted molar refractivity (Wildman–Crippen MR) is 76.2 cm³/mol. The molecule has 6 heteroatoms. The molecule has 2 heterocycles. The molecule has 5 nitrogen and oxygen atoms in total. The molecular weight excluding hydrogens is 276 g/mol. The van der Waals surface area contributed by atoms with Gasteiger partial charge in [0.05, 0.1) is 0 Å². The van der Waals surface area contributed by atoms with E-state index in [1.165, 1.54) is 0 Å². The van der Waals surface area contributed by atoms with E-state index >= 15 is 0 Å². The van der Waals surface area contributed by atoms with Gasteiger partial charge in [-0.15, -0.1) is 0 Å². The Balaban J connectivity index is 1.86. The number of pyridine rings is 1. The Hall–Kier alpha value is -2.40. The molecular formula is C14H11ClN4O. The highest BCUT2D eigenvalue weighted by atomic mass is 35.5. The predicted octanol–water partition coefficient (Wildman–Crippen LogP) is 2.96. The minimum Gasteiger partial charge on any atom is -0.399 e. The number of anilines is 1. The van der Waals surface area contributed by atoms with Gasteiger partial charge in [-0.1, -0.05) is 22.8 Å². The van der Waals surface area contributed by atoms with Crippen molar-refractivity contribution in [2.24, 2.45) is 0 Å². The first-order chi connectivity index (χ1) is 9.70. The van der Waals surface area contributed by atoms with Crippen molar-refractivity contribution in [3.63, 3.8) is 0 Å². The molecule has 0 unspecified atom stereocenters. The highest BCUT2D eigenvalue weighted by Crippen LogP contribution is 2.25. The Morgan fingerprint density at radius 2 is 2.15 bits per heavy atom. The van der Waals surface area contributed by atoms with Crippen LogP contribution in [0.2, 0.25) is 5.02 Å². The van der Waals surface area contributed by atoms with Crippen LogP contribution in [-0.2, 0) is 6.42 Å². The van der Waals surface area contributed by atoms with Crippen molar-refractivity contribution < 1.29 is 4.52 Å². The Morgan fingerprint density at radius 1 is 1.25 bits per heavy atom. The molecule has 0 saturated heterocycles. The van der Waals surface area contributed by atoms with Gasteiger partial charge in [-0.05, 0) is 29.8 Å². The average molecular weight is 287 g/mol. The lowest BCUT2D eigenvalue weighted by Gasteiger charge is -1.98. The smallest absolute Gasteiger partial charge is 0.258 e. The van der Waals surface area contributed by atoms with Gasteiger partial charge in [0.1, 0.15) is 0 Å². The van der Waals surface area contributed by atoms with Crippen molar-refractivity contribution in [2.45, 2.75) is 6.42 Å². The van der Waals surface area contributed by atoms with Crippen LogP contribution in [0.5, 0.6) is 0 Å². The number of halogens is 1. The standard InChI is InChI=1S/C14H11ClN4O/c15-11-5-10(6-12(16)7-11)14-18-13(19-20-14)4-9-2-1-3-17-8-9/h1-3,5-8H,4,16H2. The van der Waals surface area contributed by atoms with E-state index in [-0.39, 0.29) is 0 Å². The van der Waals surface area contributed by atoms with E-state index in [1.54, 1.807) is 30.6 Å². The Labute approximate surface area is 120 Å². The Kier molecular flexibility index (Phi) is 3.35. The van der Waals surface area contributed by atoms with Crippen LogP contribution in [0.3, 0.4) is 0 Å². The quantitative estimate of drug-likeness (QED) is 0.749. The first-order valence-electron chi connectivity index (χ1n) is 5.98. The summed E-state index contributed by atoms with van der Waals surface area (Å²) in [6, 6.07) is 8.97. The molecule has 0 aliphatic rings. The van der Waals surface area contributed by atoms with E-state index in [9.17, 15) is 0 Å². The molecule has 0 bridgehead atoms. The number of aromatic nitrogens is 3. The summed E-state index contributed by atoms with van der Waals surface area (Å²) in [6.07, 6.45) is 4.06. The maximum Gasteiger partial charge on any atom is 0.258 e. The molecule has 0 radical (unpaired) electrons. The van der Waals surface area contributed by atoms with Crippen LogP contribution in [0.25, 0.3) is 11.5 Å². The van der Waals surface area contributed by atoms with Crippen molar-refractivity contribution >= 4 is 17.3 Å². The van der Waals surface area contributed by atoms with Gasteiger partial charge in [0, 0.05) is 35.1 Å². The summed E-state index contributed by atoms with van der Waals surface area (Å²) in [4.78, 5) is 8.39. The highest BCUT2D eigenvalue weighted by Gasteiger charge is 2.10. The average Bonchev–Trinajstić information content (AvgIpc) is 2.87. The lowest BCUT2D eigenvalue weighted by molar-refractivity contribution is 0.424. The Bertz CT molecular complexity index is 707. The number of nitrogens with zero attached hydrogens (tertiary/aromatic N) is 3. The highest BCUT2D eigenvalue weighted by molar-refractivity contribution is 6.31. The Morgan fingerprint density at radius 3 is 2.90 bits per heavy atom. The number of hydrogen-bond acceptors (Lipinski definition) is 5. The summed E-state index contributed by atoms with van der Waals surface area (Å²) < 4.78 is 5.24. The lowest BCUT2D eigenvalue weighted by atomic mass is 10.2. The molecule has 0 aliphatic carbocycles. The second-order valence-corrected chi connectivity index (χ2v) is 4.76. The van der Waals surface area contributed by atoms with Crippen LogP contribution in [0.4, 0.5) is 5.69 Å². The van der Waals surface area contributed by atoms with Gasteiger partial charge in [0.15, 0.2) is 5.82 Å². The van der Waals surface area contributed by atoms with Crippen LogP contribution in [0, 0.1) is 0 Å². The maximum atomic E-state index is 5.96. The van der Waals surface area contributed by atoms with E-state index in [2.05, 4.69) is 15.1 Å². The molecule has 0 atom stereocenters. The van der Waals surface area contributed by atoms with Gasteiger partial charge in [0.2, 0.25) is 0 Å². The third-order valence-electron chi connectivity index (χ3n) is 2.72. The van der Waals surface area contributed by atoms with E-state index < -0.39 is 0 Å². The fraction of sp³-hybridized carbons (Fsp3) is 0.0714. The van der Waals surface area contributed by atoms with E-state index in [1.807, 2.05) is 12.1 Å². The zero-order chi connectivity index (χ0) is 13.9. The third-order valence-corrected chi connectivity index (χ3v) is 2.94. The van der Waals surface area contributed by atoms with Crippen LogP contribution in [-0.4, -0.2) is 15.1 Å². The number of nitrogen functional groups attached to an aromatic ring is 1. The maximum absolute atomic E-state index is 5.96. The molecule has 0 fully saturated rings. The summed E-state index contributed by atoms with van der Waals surface area (Å²) in [5.41, 5.74) is 8.03. The molecule has 3 rings (SSSR count). The fourth-order valence-electron chi connectivity index (χ4n) is 1.86.